The summed E-state index contributed by atoms with van der Waals surface area (Å²) in [5.41, 5.74) is -2.87. The molecule has 14 N–H and O–H groups in total. The summed E-state index contributed by atoms with van der Waals surface area (Å²) in [7, 11) is 0. The lowest BCUT2D eigenvalue weighted by Crippen LogP contribution is -2.66. The summed E-state index contributed by atoms with van der Waals surface area (Å²) in [6.07, 6.45) is -24.2. The average molecular weight is 1070 g/mol. The van der Waals surface area contributed by atoms with Crippen molar-refractivity contribution in [1.29, 1.82) is 0 Å². The molecule has 9 fully saturated rings. The van der Waals surface area contributed by atoms with Gasteiger partial charge in [-0.25, -0.2) is 0 Å². The lowest BCUT2D eigenvalue weighted by atomic mass is 9.41. The number of fused-ring (bicyclic) bond motifs is 2. The van der Waals surface area contributed by atoms with E-state index < -0.39 is 159 Å². The molecule has 0 radical (unpaired) electrons. The Morgan fingerprint density at radius 1 is 0.608 bits per heavy atom. The van der Waals surface area contributed by atoms with Gasteiger partial charge in [0.1, 0.15) is 79.4 Å². The van der Waals surface area contributed by atoms with Gasteiger partial charge < -0.3 is 109 Å². The Balaban J connectivity index is 0.890. The van der Waals surface area contributed by atoms with Crippen LogP contribution in [0.4, 0.5) is 0 Å². The summed E-state index contributed by atoms with van der Waals surface area (Å²) in [5.74, 6) is -0.232. The molecule has 0 unspecified atom stereocenters. The lowest BCUT2D eigenvalue weighted by molar-refractivity contribution is -0.388. The predicted molar refractivity (Wildman–Crippen MR) is 253 cm³/mol. The van der Waals surface area contributed by atoms with Crippen LogP contribution >= 0.6 is 0 Å². The van der Waals surface area contributed by atoms with E-state index in [0.717, 1.165) is 19.3 Å². The molecule has 0 aromatic rings. The molecule has 0 aromatic carbocycles. The second-order valence-corrected chi connectivity index (χ2v) is 25.8. The van der Waals surface area contributed by atoms with Crippen molar-refractivity contribution in [2.24, 2.45) is 50.7 Å². The Bertz CT molecular complexity index is 1950. The highest BCUT2D eigenvalue weighted by Gasteiger charge is 2.84. The molecule has 0 bridgehead atoms. The van der Waals surface area contributed by atoms with E-state index >= 15 is 0 Å². The molecule has 5 saturated carbocycles. The maximum absolute atomic E-state index is 12.6. The van der Waals surface area contributed by atoms with Crippen LogP contribution in [0.5, 0.6) is 0 Å². The van der Waals surface area contributed by atoms with Gasteiger partial charge in [0.05, 0.1) is 55.9 Å². The number of hydrogen-bond donors (Lipinski definition) is 14. The third-order valence-electron chi connectivity index (χ3n) is 21.2. The van der Waals surface area contributed by atoms with Gasteiger partial charge >= 0.3 is 0 Å². The van der Waals surface area contributed by atoms with Crippen molar-refractivity contribution in [1.82, 2.24) is 0 Å². The van der Waals surface area contributed by atoms with Gasteiger partial charge in [-0.1, -0.05) is 34.6 Å². The van der Waals surface area contributed by atoms with Crippen molar-refractivity contribution in [2.45, 2.75) is 254 Å². The third kappa shape index (κ3) is 9.18. The van der Waals surface area contributed by atoms with Crippen LogP contribution in [-0.4, -0.2) is 232 Å². The van der Waals surface area contributed by atoms with E-state index in [2.05, 4.69) is 34.6 Å². The van der Waals surface area contributed by atoms with E-state index in [4.69, 9.17) is 37.9 Å². The van der Waals surface area contributed by atoms with Gasteiger partial charge in [0.25, 0.3) is 0 Å². The molecule has 0 amide bonds. The van der Waals surface area contributed by atoms with Gasteiger partial charge in [-0.05, 0) is 129 Å². The number of ether oxygens (including phenoxy) is 8. The Kier molecular flexibility index (Phi) is 16.1. The van der Waals surface area contributed by atoms with Crippen molar-refractivity contribution in [3.05, 3.63) is 0 Å². The third-order valence-corrected chi connectivity index (χ3v) is 21.2. The monoisotopic (exact) mass is 1060 g/mol. The average Bonchev–Trinajstić information content (AvgIpc) is 3.93. The molecule has 0 aromatic heterocycles. The van der Waals surface area contributed by atoms with Gasteiger partial charge in [0.2, 0.25) is 0 Å². The zero-order chi connectivity index (χ0) is 54.2. The number of rotatable bonds is 14. The molecule has 74 heavy (non-hydrogen) atoms. The minimum absolute atomic E-state index is 0.00276. The van der Waals surface area contributed by atoms with Crippen LogP contribution in [0.3, 0.4) is 0 Å². The summed E-state index contributed by atoms with van der Waals surface area (Å²) in [6, 6.07) is 0. The predicted octanol–water partition coefficient (Wildman–Crippen LogP) is -2.12. The minimum Gasteiger partial charge on any atom is -0.394 e. The summed E-state index contributed by atoms with van der Waals surface area (Å²) in [5, 5.41) is 153. The lowest BCUT2D eigenvalue weighted by Gasteiger charge is -2.64. The molecule has 22 nitrogen and oxygen atoms in total. The van der Waals surface area contributed by atoms with E-state index in [1.165, 1.54) is 6.92 Å². The smallest absolute Gasteiger partial charge is 0.187 e. The summed E-state index contributed by atoms with van der Waals surface area (Å²) in [6.45, 7) is 14.3. The Morgan fingerprint density at radius 3 is 1.91 bits per heavy atom. The second kappa shape index (κ2) is 20.6. The minimum atomic E-state index is -1.78. The van der Waals surface area contributed by atoms with E-state index in [1.54, 1.807) is 13.8 Å². The quantitative estimate of drug-likeness (QED) is 0.0827. The maximum Gasteiger partial charge on any atom is 0.187 e. The molecule has 22 heteroatoms. The molecular formula is C52H88O22. The molecular weight excluding hydrogens is 977 g/mol. The number of aliphatic hydroxyl groups is 14. The van der Waals surface area contributed by atoms with Gasteiger partial charge in [-0.3, -0.25) is 0 Å². The standard InChI is InChI=1S/C52H88O22/c1-21(9-10-29(58)48(5,6)74-43-38(65)33(60)25(56)18-67-43)31-24(55)16-50(8)28-15-23(54)42-47(3,4)30(11-12-52(42)20-51(28,52)14-13-49(31,50)7)71-46-41(37(64)35(62)27(17-53)70-46)73-45-40(34(61)26(57)19-68-45)72-44-39(66)36(63)32(59)22(2)69-44/h21-46,53-66H,9-20H2,1-8H3/t21-,22+,23+,24+,25-,26+,27-,28+,29+,30+,31+,32+,33+,34+,35-,36-,37+,38-,39-,40-,41-,42+,43+,44+,45+,46+,49-,50+,51+,52-/m1/s1. The zero-order valence-corrected chi connectivity index (χ0v) is 44.0. The van der Waals surface area contributed by atoms with Crippen LogP contribution in [0.15, 0.2) is 0 Å². The first-order chi connectivity index (χ1) is 34.5. The molecule has 9 aliphatic rings. The molecule has 4 aliphatic heterocycles. The molecule has 9 rings (SSSR count). The number of aliphatic hydroxyl groups excluding tert-OH is 14. The molecule has 4 heterocycles. The summed E-state index contributed by atoms with van der Waals surface area (Å²) in [4.78, 5) is 0. The first kappa shape index (κ1) is 57.8. The molecule has 5 aliphatic carbocycles. The highest BCUT2D eigenvalue weighted by molar-refractivity contribution is 5.32. The summed E-state index contributed by atoms with van der Waals surface area (Å²) < 4.78 is 48.0. The van der Waals surface area contributed by atoms with Crippen LogP contribution in [-0.2, 0) is 37.9 Å². The molecule has 4 saturated heterocycles. The molecule has 30 atom stereocenters. The zero-order valence-electron chi connectivity index (χ0n) is 44.0. The largest absolute Gasteiger partial charge is 0.394 e. The van der Waals surface area contributed by atoms with Crippen LogP contribution in [0, 0.1) is 50.7 Å². The van der Waals surface area contributed by atoms with Crippen LogP contribution in [0.25, 0.3) is 0 Å². The van der Waals surface area contributed by atoms with Crippen LogP contribution < -0.4 is 0 Å². The van der Waals surface area contributed by atoms with Crippen LogP contribution in [0.1, 0.15) is 113 Å². The van der Waals surface area contributed by atoms with Crippen molar-refractivity contribution >= 4 is 0 Å². The van der Waals surface area contributed by atoms with Crippen molar-refractivity contribution < 1.29 is 109 Å². The second-order valence-electron chi connectivity index (χ2n) is 25.8. The first-order valence-corrected chi connectivity index (χ1v) is 27.2. The van der Waals surface area contributed by atoms with Crippen molar-refractivity contribution in [3.63, 3.8) is 0 Å². The topological polar surface area (TPSA) is 357 Å². The van der Waals surface area contributed by atoms with Gasteiger partial charge in [0.15, 0.2) is 25.2 Å². The highest BCUT2D eigenvalue weighted by Crippen LogP contribution is 2.89. The Labute approximate surface area is 432 Å². The van der Waals surface area contributed by atoms with E-state index in [-0.39, 0.29) is 51.9 Å². The Hall–Kier alpha value is -0.880. The fourth-order valence-electron chi connectivity index (χ4n) is 16.9. The fraction of sp³-hybridized carbons (Fsp3) is 1.00. The number of hydrogen-bond acceptors (Lipinski definition) is 22. The molecule has 2 spiro atoms. The highest BCUT2D eigenvalue weighted by atomic mass is 16.8. The van der Waals surface area contributed by atoms with E-state index in [1.807, 2.05) is 0 Å². The van der Waals surface area contributed by atoms with Gasteiger partial charge in [-0.15, -0.1) is 0 Å². The van der Waals surface area contributed by atoms with Gasteiger partial charge in [-0.2, -0.15) is 0 Å². The maximum atomic E-state index is 12.6. The normalized spacial score (nSPS) is 55.1. The first-order valence-electron chi connectivity index (χ1n) is 27.2. The van der Waals surface area contributed by atoms with Gasteiger partial charge in [0, 0.05) is 0 Å². The van der Waals surface area contributed by atoms with Crippen molar-refractivity contribution in [3.8, 4) is 0 Å². The van der Waals surface area contributed by atoms with Crippen molar-refractivity contribution in [2.75, 3.05) is 19.8 Å². The summed E-state index contributed by atoms with van der Waals surface area (Å²) >= 11 is 0. The Morgan fingerprint density at radius 2 is 1.23 bits per heavy atom. The van der Waals surface area contributed by atoms with Crippen LogP contribution in [0.2, 0.25) is 0 Å². The molecule has 428 valence electrons. The van der Waals surface area contributed by atoms with E-state index in [0.29, 0.717) is 38.5 Å². The fourth-order valence-corrected chi connectivity index (χ4v) is 16.9. The van der Waals surface area contributed by atoms with E-state index in [9.17, 15) is 71.5 Å². The SMILES string of the molecule is C[C@H](CC[C@H](O)C(C)(C)O[C@@H]1OC[C@@H](O)[C@H](O)[C@H]1O)[C@H]1[C@@H](O)C[C@@]2(C)[C@@H]3C[C@H](O)[C@H]4C(C)(C)[C@@H](O[C@@H]5O[C@H](CO)[C@@H](O)[C@H](O)[C@H]5O[C@@H]5OC[C@H](O)[C@H](O)[C@H]5O[C@@H]5O[C@@H](C)[C@H](O)[C@@H](O)[C@H]5O)CC[C@@]45C[C@@]35CC[C@]12C.